The van der Waals surface area contributed by atoms with Gasteiger partial charge >= 0.3 is 0 Å². The Morgan fingerprint density at radius 1 is 1.46 bits per heavy atom. The second-order valence-corrected chi connectivity index (χ2v) is 3.53. The summed E-state index contributed by atoms with van der Waals surface area (Å²) in [6.45, 7) is 4.22. The van der Waals surface area contributed by atoms with E-state index in [0.717, 1.165) is 13.1 Å². The molecular formula is C8H13N5. The zero-order valence-electron chi connectivity index (χ0n) is 7.88. The van der Waals surface area contributed by atoms with Crippen molar-refractivity contribution in [3.63, 3.8) is 0 Å². The Labute approximate surface area is 77.1 Å². The van der Waals surface area contributed by atoms with Crippen molar-refractivity contribution < 1.29 is 0 Å². The fourth-order valence-electron chi connectivity index (χ4n) is 1.60. The predicted molar refractivity (Wildman–Crippen MR) is 49.5 cm³/mol. The first kappa shape index (κ1) is 8.37. The molecule has 5 nitrogen and oxygen atoms in total. The van der Waals surface area contributed by atoms with Gasteiger partial charge in [-0.05, 0) is 7.05 Å². The smallest absolute Gasteiger partial charge is 0.141 e. The lowest BCUT2D eigenvalue weighted by Crippen LogP contribution is -2.14. The third kappa shape index (κ3) is 1.75. The average Bonchev–Trinajstić information content (AvgIpc) is 2.63. The summed E-state index contributed by atoms with van der Waals surface area (Å²) in [6, 6.07) is 0. The van der Waals surface area contributed by atoms with E-state index >= 15 is 0 Å². The predicted octanol–water partition coefficient (Wildman–Crippen LogP) is 0.0637. The van der Waals surface area contributed by atoms with Crippen LogP contribution >= 0.6 is 0 Å². The summed E-state index contributed by atoms with van der Waals surface area (Å²) in [5.41, 5.74) is 1.20. The monoisotopic (exact) mass is 179 g/mol. The summed E-state index contributed by atoms with van der Waals surface area (Å²) < 4.78 is 1.66. The van der Waals surface area contributed by atoms with E-state index in [0.29, 0.717) is 5.92 Å². The molecule has 0 spiro atoms. The van der Waals surface area contributed by atoms with E-state index in [2.05, 4.69) is 34.2 Å². The Morgan fingerprint density at radius 3 is 2.69 bits per heavy atom. The van der Waals surface area contributed by atoms with E-state index in [4.69, 9.17) is 0 Å². The van der Waals surface area contributed by atoms with Gasteiger partial charge in [-0.2, -0.15) is 5.10 Å². The largest absolute Gasteiger partial charge is 0.300 e. The molecule has 0 radical (unpaired) electrons. The van der Waals surface area contributed by atoms with Crippen molar-refractivity contribution in [1.29, 1.82) is 0 Å². The molecule has 0 bridgehead atoms. The first-order valence-corrected chi connectivity index (χ1v) is 4.36. The van der Waals surface area contributed by atoms with Gasteiger partial charge in [-0.15, -0.1) is 10.2 Å². The maximum Gasteiger partial charge on any atom is 0.141 e. The van der Waals surface area contributed by atoms with Gasteiger partial charge in [0.25, 0.3) is 0 Å². The Bertz CT molecular complexity index is 302. The van der Waals surface area contributed by atoms with Crippen LogP contribution in [0.25, 0.3) is 0 Å². The van der Waals surface area contributed by atoms with Crippen LogP contribution < -0.4 is 0 Å². The van der Waals surface area contributed by atoms with E-state index in [1.807, 2.05) is 0 Å². The van der Waals surface area contributed by atoms with Gasteiger partial charge in [0.15, 0.2) is 0 Å². The molecule has 0 saturated carbocycles. The minimum Gasteiger partial charge on any atom is -0.300 e. The van der Waals surface area contributed by atoms with Crippen molar-refractivity contribution in [3.05, 3.63) is 12.7 Å². The molecule has 2 rings (SSSR count). The molecule has 1 aromatic rings. The van der Waals surface area contributed by atoms with Gasteiger partial charge in [0.1, 0.15) is 12.7 Å². The fraction of sp³-hybridized carbons (Fsp3) is 0.625. The van der Waals surface area contributed by atoms with Crippen molar-refractivity contribution in [2.75, 3.05) is 20.1 Å². The Morgan fingerprint density at radius 2 is 2.15 bits per heavy atom. The topological polar surface area (TPSA) is 46.3 Å². The van der Waals surface area contributed by atoms with E-state index in [1.165, 1.54) is 5.71 Å². The molecule has 2 heterocycles. The maximum atomic E-state index is 4.42. The van der Waals surface area contributed by atoms with Crippen molar-refractivity contribution in [3.8, 4) is 0 Å². The molecule has 1 fully saturated rings. The molecule has 1 saturated heterocycles. The van der Waals surface area contributed by atoms with Gasteiger partial charge < -0.3 is 4.90 Å². The highest BCUT2D eigenvalue weighted by Crippen LogP contribution is 2.11. The van der Waals surface area contributed by atoms with Crippen LogP contribution in [0.1, 0.15) is 6.92 Å². The summed E-state index contributed by atoms with van der Waals surface area (Å²) in [5, 5.41) is 11.8. The quantitative estimate of drug-likeness (QED) is 0.612. The molecule has 0 amide bonds. The lowest BCUT2D eigenvalue weighted by Gasteiger charge is -2.02. The van der Waals surface area contributed by atoms with Crippen LogP contribution in [0.3, 0.4) is 0 Å². The zero-order chi connectivity index (χ0) is 9.26. The summed E-state index contributed by atoms with van der Waals surface area (Å²) in [7, 11) is 2.10. The van der Waals surface area contributed by atoms with E-state index in [1.54, 1.807) is 17.3 Å². The average molecular weight is 179 g/mol. The first-order valence-electron chi connectivity index (χ1n) is 4.36. The van der Waals surface area contributed by atoms with Crippen LogP contribution in [-0.4, -0.2) is 45.6 Å². The lowest BCUT2D eigenvalue weighted by molar-refractivity contribution is 0.403. The summed E-state index contributed by atoms with van der Waals surface area (Å²) in [6.07, 6.45) is 3.22. The highest BCUT2D eigenvalue weighted by atomic mass is 15.4. The van der Waals surface area contributed by atoms with Gasteiger partial charge in [-0.3, -0.25) is 0 Å². The number of rotatable bonds is 1. The molecule has 1 aliphatic rings. The third-order valence-corrected chi connectivity index (χ3v) is 2.24. The van der Waals surface area contributed by atoms with Gasteiger partial charge in [-0.1, -0.05) is 6.92 Å². The zero-order valence-corrected chi connectivity index (χ0v) is 7.88. The number of likely N-dealkylation sites (tertiary alicyclic amines) is 1. The van der Waals surface area contributed by atoms with Crippen molar-refractivity contribution in [2.24, 2.45) is 11.0 Å². The standard InChI is InChI=1S/C8H13N5/c1-7-3-12(2)4-8(7)11-13-5-9-10-6-13/h5-7H,3-4H2,1-2H3/b11-8+. The van der Waals surface area contributed by atoms with Crippen LogP contribution in [0.4, 0.5) is 0 Å². The number of nitrogens with zero attached hydrogens (tertiary/aromatic N) is 5. The van der Waals surface area contributed by atoms with Crippen molar-refractivity contribution in [2.45, 2.75) is 6.92 Å². The summed E-state index contributed by atoms with van der Waals surface area (Å²) >= 11 is 0. The minimum absolute atomic E-state index is 0.535. The molecule has 0 aromatic carbocycles. The second kappa shape index (κ2) is 3.26. The number of aromatic nitrogens is 3. The SMILES string of the molecule is CC1CN(C)C/C1=N\n1cnnc1. The molecule has 1 unspecified atom stereocenters. The van der Waals surface area contributed by atoms with E-state index < -0.39 is 0 Å². The van der Waals surface area contributed by atoms with Crippen LogP contribution in [0.15, 0.2) is 17.8 Å². The van der Waals surface area contributed by atoms with Crippen molar-refractivity contribution in [1.82, 2.24) is 19.8 Å². The van der Waals surface area contributed by atoms with E-state index in [9.17, 15) is 0 Å². The minimum atomic E-state index is 0.535. The van der Waals surface area contributed by atoms with Gasteiger partial charge in [-0.25, -0.2) is 4.68 Å². The highest BCUT2D eigenvalue weighted by molar-refractivity contribution is 5.90. The Balaban J connectivity index is 2.17. The van der Waals surface area contributed by atoms with Gasteiger partial charge in [0.05, 0.1) is 5.71 Å². The number of hydrogen-bond acceptors (Lipinski definition) is 4. The Kier molecular flexibility index (Phi) is 2.10. The highest BCUT2D eigenvalue weighted by Gasteiger charge is 2.22. The molecule has 13 heavy (non-hydrogen) atoms. The molecule has 1 aliphatic heterocycles. The molecule has 0 aliphatic carbocycles. The van der Waals surface area contributed by atoms with Gasteiger partial charge in [0.2, 0.25) is 0 Å². The molecule has 70 valence electrons. The second-order valence-electron chi connectivity index (χ2n) is 3.53. The summed E-state index contributed by atoms with van der Waals surface area (Å²) in [5.74, 6) is 0.535. The first-order chi connectivity index (χ1) is 6.25. The molecule has 5 heteroatoms. The van der Waals surface area contributed by atoms with Crippen LogP contribution in [0.5, 0.6) is 0 Å². The summed E-state index contributed by atoms with van der Waals surface area (Å²) in [4.78, 5) is 2.26. The van der Waals surface area contributed by atoms with Crippen LogP contribution in [0.2, 0.25) is 0 Å². The third-order valence-electron chi connectivity index (χ3n) is 2.24. The lowest BCUT2D eigenvalue weighted by atomic mass is 10.1. The fourth-order valence-corrected chi connectivity index (χ4v) is 1.60. The van der Waals surface area contributed by atoms with Crippen molar-refractivity contribution >= 4 is 5.71 Å². The van der Waals surface area contributed by atoms with Crippen LogP contribution in [-0.2, 0) is 0 Å². The molecule has 0 N–H and O–H groups in total. The van der Waals surface area contributed by atoms with Crippen LogP contribution in [0, 0.1) is 5.92 Å². The Hall–Kier alpha value is -1.23. The maximum absolute atomic E-state index is 4.42. The normalized spacial score (nSPS) is 27.2. The molecule has 1 aromatic heterocycles. The molecular weight excluding hydrogens is 166 g/mol. The van der Waals surface area contributed by atoms with E-state index in [-0.39, 0.29) is 0 Å². The van der Waals surface area contributed by atoms with Gasteiger partial charge in [0, 0.05) is 19.0 Å². The number of hydrogen-bond donors (Lipinski definition) is 0. The molecule has 1 atom stereocenters.